The monoisotopic (exact) mass is 354 g/mol. The minimum atomic E-state index is -3.91. The first-order valence-corrected chi connectivity index (χ1v) is 8.11. The van der Waals surface area contributed by atoms with Gasteiger partial charge in [0.1, 0.15) is 5.82 Å². The second-order valence-corrected chi connectivity index (χ2v) is 6.77. The molecule has 2 heterocycles. The molecule has 2 N–H and O–H groups in total. The van der Waals surface area contributed by atoms with E-state index in [0.717, 1.165) is 4.31 Å². The molecule has 1 aliphatic heterocycles. The second kappa shape index (κ2) is 6.94. The van der Waals surface area contributed by atoms with Crippen LogP contribution in [-0.4, -0.2) is 35.8 Å². The predicted molar refractivity (Wildman–Crippen MR) is 83.8 cm³/mol. The van der Waals surface area contributed by atoms with Crippen molar-refractivity contribution in [1.82, 2.24) is 9.29 Å². The van der Waals surface area contributed by atoms with Crippen molar-refractivity contribution in [1.29, 1.82) is 0 Å². The predicted octanol–water partition coefficient (Wildman–Crippen LogP) is -1.41. The molecule has 3 rings (SSSR count). The smallest absolute Gasteiger partial charge is 0.505 e. The molecule has 0 radical (unpaired) electrons. The van der Waals surface area contributed by atoms with Crippen molar-refractivity contribution in [2.45, 2.75) is 4.90 Å². The second-order valence-electron chi connectivity index (χ2n) is 4.84. The molecule has 0 bridgehead atoms. The van der Waals surface area contributed by atoms with E-state index in [1.54, 1.807) is 30.3 Å². The third-order valence-corrected chi connectivity index (χ3v) is 5.26. The first kappa shape index (κ1) is 18.5. The van der Waals surface area contributed by atoms with E-state index in [0.29, 0.717) is 0 Å². The summed E-state index contributed by atoms with van der Waals surface area (Å²) in [5.74, 6) is -0.907. The summed E-state index contributed by atoms with van der Waals surface area (Å²) in [5.41, 5.74) is -0.258. The van der Waals surface area contributed by atoms with Gasteiger partial charge in [-0.15, -0.1) is 0 Å². The van der Waals surface area contributed by atoms with Crippen LogP contribution in [0, 0.1) is 0 Å². The summed E-state index contributed by atoms with van der Waals surface area (Å²) >= 11 is 0. The van der Waals surface area contributed by atoms with Gasteiger partial charge in [-0.2, -0.15) is 0 Å². The van der Waals surface area contributed by atoms with Gasteiger partial charge in [0.05, 0.1) is 4.90 Å². The molecule has 0 fully saturated rings. The number of likely N-dealkylation sites (N-methyl/N-ethyl adjacent to an activating group) is 1. The van der Waals surface area contributed by atoms with Crippen LogP contribution in [0.4, 0.5) is 5.82 Å². The van der Waals surface area contributed by atoms with Crippen LogP contribution in [0.2, 0.25) is 0 Å². The van der Waals surface area contributed by atoms with E-state index >= 15 is 0 Å². The van der Waals surface area contributed by atoms with Gasteiger partial charge in [-0.1, -0.05) is 18.2 Å². The number of rotatable bonds is 2. The van der Waals surface area contributed by atoms with Gasteiger partial charge in [-0.05, 0) is 24.3 Å². The van der Waals surface area contributed by atoms with Crippen LogP contribution in [-0.2, 0) is 14.8 Å². The van der Waals surface area contributed by atoms with Crippen LogP contribution < -0.4 is 34.9 Å². The number of fused-ring (bicyclic) bond motifs is 1. The molecule has 0 aliphatic carbocycles. The number of amides is 1. The van der Waals surface area contributed by atoms with Gasteiger partial charge in [0.15, 0.2) is 11.5 Å². The summed E-state index contributed by atoms with van der Waals surface area (Å²) in [6, 6.07) is 10.9. The number of benzene rings is 1. The Hall–Kier alpha value is -1.87. The zero-order chi connectivity index (χ0) is 16.6. The van der Waals surface area contributed by atoms with Crippen LogP contribution >= 0.6 is 0 Å². The SMILES string of the molecule is CN1C(C(=O)Nc2ccccn2)=C(O)c2ccccc2S1(=O)=O.[Na+]. The normalized spacial score (nSPS) is 15.3. The maximum absolute atomic E-state index is 12.5. The van der Waals surface area contributed by atoms with Crippen molar-refractivity contribution >= 4 is 27.5 Å². The molecule has 0 unspecified atom stereocenters. The van der Waals surface area contributed by atoms with Crippen molar-refractivity contribution < 1.29 is 47.9 Å². The van der Waals surface area contributed by atoms with Gasteiger partial charge < -0.3 is 10.4 Å². The number of nitrogens with one attached hydrogen (secondary N) is 1. The van der Waals surface area contributed by atoms with E-state index < -0.39 is 21.7 Å². The molecule has 24 heavy (non-hydrogen) atoms. The van der Waals surface area contributed by atoms with E-state index in [9.17, 15) is 18.3 Å². The van der Waals surface area contributed by atoms with E-state index in [-0.39, 0.29) is 51.5 Å². The van der Waals surface area contributed by atoms with Crippen LogP contribution in [0.1, 0.15) is 5.56 Å². The number of hydrogen-bond donors (Lipinski definition) is 2. The Balaban J connectivity index is 0.00000208. The van der Waals surface area contributed by atoms with Crippen LogP contribution in [0.15, 0.2) is 59.3 Å². The number of anilines is 1. The topological polar surface area (TPSA) is 99.6 Å². The molecule has 1 aromatic heterocycles. The quantitative estimate of drug-likeness (QED) is 0.645. The molecule has 9 heteroatoms. The van der Waals surface area contributed by atoms with E-state index in [1.165, 1.54) is 25.4 Å². The number of sulfonamides is 1. The number of aromatic nitrogens is 1. The Labute approximate surface area is 161 Å². The number of aliphatic hydroxyl groups excluding tert-OH is 1. The molecular weight excluding hydrogens is 341 g/mol. The average Bonchev–Trinajstić information content (AvgIpc) is 2.54. The minimum absolute atomic E-state index is 0. The molecule has 0 spiro atoms. The Kier molecular flexibility index (Phi) is 5.34. The van der Waals surface area contributed by atoms with Crippen molar-refractivity contribution in [3.8, 4) is 0 Å². The van der Waals surface area contributed by atoms with Gasteiger partial charge >= 0.3 is 29.6 Å². The molecule has 0 saturated carbocycles. The first-order valence-electron chi connectivity index (χ1n) is 6.67. The number of pyridine rings is 1. The van der Waals surface area contributed by atoms with Gasteiger partial charge in [0.25, 0.3) is 15.9 Å². The Morgan fingerprint density at radius 2 is 1.83 bits per heavy atom. The molecular formula is C15H13N3NaO4S+. The molecule has 1 aliphatic rings. The van der Waals surface area contributed by atoms with E-state index in [4.69, 9.17) is 0 Å². The third-order valence-electron chi connectivity index (χ3n) is 3.44. The van der Waals surface area contributed by atoms with Crippen molar-refractivity contribution in [3.05, 3.63) is 59.9 Å². The van der Waals surface area contributed by atoms with Crippen molar-refractivity contribution in [3.63, 3.8) is 0 Å². The zero-order valence-corrected chi connectivity index (χ0v) is 15.9. The molecule has 0 atom stereocenters. The Morgan fingerprint density at radius 1 is 1.17 bits per heavy atom. The van der Waals surface area contributed by atoms with Gasteiger partial charge in [0.2, 0.25) is 0 Å². The summed E-state index contributed by atoms with van der Waals surface area (Å²) in [6.45, 7) is 0. The summed E-state index contributed by atoms with van der Waals surface area (Å²) < 4.78 is 25.8. The fourth-order valence-corrected chi connectivity index (χ4v) is 3.69. The fraction of sp³-hybridized carbons (Fsp3) is 0.0667. The van der Waals surface area contributed by atoms with Crippen molar-refractivity contribution in [2.24, 2.45) is 0 Å². The van der Waals surface area contributed by atoms with Gasteiger partial charge in [-0.3, -0.25) is 9.10 Å². The van der Waals surface area contributed by atoms with Crippen LogP contribution in [0.25, 0.3) is 5.76 Å². The number of carbonyl (C=O) groups is 1. The summed E-state index contributed by atoms with van der Waals surface area (Å²) in [6.07, 6.45) is 1.49. The fourth-order valence-electron chi connectivity index (χ4n) is 2.29. The molecule has 118 valence electrons. The number of hydrogen-bond acceptors (Lipinski definition) is 5. The van der Waals surface area contributed by atoms with Gasteiger partial charge in [0, 0.05) is 18.8 Å². The largest absolute Gasteiger partial charge is 1.00 e. The van der Waals surface area contributed by atoms with E-state index in [2.05, 4.69) is 10.3 Å². The van der Waals surface area contributed by atoms with Crippen molar-refractivity contribution in [2.75, 3.05) is 12.4 Å². The van der Waals surface area contributed by atoms with E-state index in [1.807, 2.05) is 0 Å². The third kappa shape index (κ3) is 3.05. The molecule has 1 aromatic carbocycles. The summed E-state index contributed by atoms with van der Waals surface area (Å²) in [4.78, 5) is 16.3. The number of aliphatic hydroxyl groups is 1. The standard InChI is InChI=1S/C15H13N3O4S.Na/c1-18-13(15(20)17-12-8-4-5-9-16-12)14(19)10-6-2-3-7-11(10)23(18,21)22;/h2-9,19H,1H3,(H,16,17,20);/q;+1. The minimum Gasteiger partial charge on any atom is -0.505 e. The maximum Gasteiger partial charge on any atom is 1.00 e. The molecule has 0 saturated heterocycles. The maximum atomic E-state index is 12.5. The van der Waals surface area contributed by atoms with Crippen LogP contribution in [0.5, 0.6) is 0 Å². The Morgan fingerprint density at radius 3 is 2.50 bits per heavy atom. The van der Waals surface area contributed by atoms with Gasteiger partial charge in [-0.25, -0.2) is 13.4 Å². The number of nitrogens with zero attached hydrogens (tertiary/aromatic N) is 2. The molecule has 2 aromatic rings. The molecule has 7 nitrogen and oxygen atoms in total. The molecule has 1 amide bonds. The average molecular weight is 354 g/mol. The summed E-state index contributed by atoms with van der Waals surface area (Å²) in [7, 11) is -2.69. The summed E-state index contributed by atoms with van der Waals surface area (Å²) in [5, 5.41) is 12.8. The zero-order valence-electron chi connectivity index (χ0n) is 13.1. The first-order chi connectivity index (χ1) is 10.9. The Bertz CT molecular complexity index is 913. The van der Waals surface area contributed by atoms with Crippen LogP contribution in [0.3, 0.4) is 0 Å². The number of carbonyl (C=O) groups excluding carboxylic acids is 1.